The lowest BCUT2D eigenvalue weighted by Gasteiger charge is -2.38. The van der Waals surface area contributed by atoms with Crippen LogP contribution in [0.25, 0.3) is 0 Å². The van der Waals surface area contributed by atoms with Crippen LogP contribution in [0.2, 0.25) is 0 Å². The molecule has 3 heteroatoms. The molecule has 0 aliphatic carbocycles. The number of carbonyl (C=O) groups is 1. The number of rotatable bonds is 7. The van der Waals surface area contributed by atoms with E-state index in [0.29, 0.717) is 12.3 Å². The van der Waals surface area contributed by atoms with Gasteiger partial charge in [-0.3, -0.25) is 4.79 Å². The molecule has 0 aliphatic heterocycles. The van der Waals surface area contributed by atoms with Crippen molar-refractivity contribution in [3.05, 3.63) is 35.9 Å². The molecule has 0 aliphatic rings. The number of nitrogens with one attached hydrogen (secondary N) is 1. The monoisotopic (exact) mass is 263 g/mol. The summed E-state index contributed by atoms with van der Waals surface area (Å²) in [6.45, 7) is 7.28. The van der Waals surface area contributed by atoms with Gasteiger partial charge in [0.2, 0.25) is 0 Å². The van der Waals surface area contributed by atoms with Gasteiger partial charge < -0.3 is 10.1 Å². The van der Waals surface area contributed by atoms with Gasteiger partial charge >= 0.3 is 5.97 Å². The Kier molecular flexibility index (Phi) is 6.03. The fraction of sp³-hybridized carbons (Fsp3) is 0.562. The topological polar surface area (TPSA) is 38.3 Å². The van der Waals surface area contributed by atoms with E-state index in [9.17, 15) is 4.79 Å². The zero-order valence-corrected chi connectivity index (χ0v) is 12.4. The summed E-state index contributed by atoms with van der Waals surface area (Å²) in [5, 5.41) is 3.56. The van der Waals surface area contributed by atoms with E-state index >= 15 is 0 Å². The van der Waals surface area contributed by atoms with Crippen LogP contribution >= 0.6 is 0 Å². The van der Waals surface area contributed by atoms with Crippen LogP contribution in [0.4, 0.5) is 0 Å². The van der Waals surface area contributed by atoms with E-state index in [2.05, 4.69) is 38.2 Å². The van der Waals surface area contributed by atoms with E-state index in [-0.39, 0.29) is 11.5 Å². The Morgan fingerprint density at radius 2 is 1.95 bits per heavy atom. The predicted octanol–water partition coefficient (Wildman–Crippen LogP) is 3.10. The fourth-order valence-corrected chi connectivity index (χ4v) is 2.39. The second kappa shape index (κ2) is 7.29. The lowest BCUT2D eigenvalue weighted by atomic mass is 9.77. The minimum absolute atomic E-state index is 0.179. The third-order valence-electron chi connectivity index (χ3n) is 3.62. The maximum absolute atomic E-state index is 11.8. The molecule has 3 nitrogen and oxygen atoms in total. The van der Waals surface area contributed by atoms with Gasteiger partial charge in [0.25, 0.3) is 0 Å². The van der Waals surface area contributed by atoms with Crippen molar-refractivity contribution < 1.29 is 9.53 Å². The number of hydrogen-bond donors (Lipinski definition) is 1. The first kappa shape index (κ1) is 15.7. The van der Waals surface area contributed by atoms with Crippen molar-refractivity contribution in [2.75, 3.05) is 13.7 Å². The summed E-state index contributed by atoms with van der Waals surface area (Å²) in [6.07, 6.45) is 1.38. The lowest BCUT2D eigenvalue weighted by molar-refractivity contribution is -0.143. The average molecular weight is 263 g/mol. The summed E-state index contributed by atoms with van der Waals surface area (Å²) < 4.78 is 4.88. The molecule has 0 aromatic heterocycles. The Hall–Kier alpha value is -1.35. The van der Waals surface area contributed by atoms with E-state index in [4.69, 9.17) is 4.74 Å². The molecule has 1 rings (SSSR count). The Morgan fingerprint density at radius 1 is 1.32 bits per heavy atom. The maximum Gasteiger partial charge on any atom is 0.307 e. The van der Waals surface area contributed by atoms with Gasteiger partial charge in [0.15, 0.2) is 0 Å². The van der Waals surface area contributed by atoms with Crippen molar-refractivity contribution in [1.82, 2.24) is 5.32 Å². The highest BCUT2D eigenvalue weighted by Crippen LogP contribution is 2.33. The first-order chi connectivity index (χ1) is 9.06. The van der Waals surface area contributed by atoms with Crippen LogP contribution in [0.5, 0.6) is 0 Å². The Balaban J connectivity index is 3.15. The van der Waals surface area contributed by atoms with Crippen LogP contribution in [-0.4, -0.2) is 19.6 Å². The first-order valence-electron chi connectivity index (χ1n) is 6.94. The van der Waals surface area contributed by atoms with Crippen molar-refractivity contribution in [1.29, 1.82) is 0 Å². The van der Waals surface area contributed by atoms with Crippen LogP contribution in [0, 0.1) is 5.92 Å². The predicted molar refractivity (Wildman–Crippen MR) is 77.9 cm³/mol. The first-order valence-corrected chi connectivity index (χ1v) is 6.94. The number of benzene rings is 1. The molecular formula is C16H25NO2. The van der Waals surface area contributed by atoms with E-state index < -0.39 is 0 Å². The Morgan fingerprint density at radius 3 is 2.42 bits per heavy atom. The van der Waals surface area contributed by atoms with Gasteiger partial charge in [-0.2, -0.15) is 0 Å². The Bertz CT molecular complexity index is 389. The standard InChI is InChI=1S/C16H25NO2/c1-5-11-17-16(13(2)3,12-15(18)19-4)14-9-7-6-8-10-14/h6-10,13,17H,5,11-12H2,1-4H3. The second-order valence-electron chi connectivity index (χ2n) is 5.17. The third-order valence-corrected chi connectivity index (χ3v) is 3.62. The third kappa shape index (κ3) is 3.80. The molecule has 1 N–H and O–H groups in total. The summed E-state index contributed by atoms with van der Waals surface area (Å²) in [5.74, 6) is 0.113. The summed E-state index contributed by atoms with van der Waals surface area (Å²) in [6, 6.07) is 10.2. The van der Waals surface area contributed by atoms with Crippen molar-refractivity contribution >= 4 is 5.97 Å². The quantitative estimate of drug-likeness (QED) is 0.768. The minimum atomic E-state index is -0.357. The molecule has 0 heterocycles. The molecule has 0 bridgehead atoms. The molecule has 1 unspecified atom stereocenters. The SMILES string of the molecule is CCCNC(CC(=O)OC)(c1ccccc1)C(C)C. The normalized spacial score (nSPS) is 14.2. The highest BCUT2D eigenvalue weighted by atomic mass is 16.5. The summed E-state index contributed by atoms with van der Waals surface area (Å²) in [7, 11) is 1.44. The smallest absolute Gasteiger partial charge is 0.307 e. The minimum Gasteiger partial charge on any atom is -0.469 e. The van der Waals surface area contributed by atoms with Crippen LogP contribution < -0.4 is 5.32 Å². The summed E-state index contributed by atoms with van der Waals surface area (Å²) in [5.41, 5.74) is 0.786. The molecule has 0 spiro atoms. The van der Waals surface area contributed by atoms with Crippen molar-refractivity contribution in [3.63, 3.8) is 0 Å². The van der Waals surface area contributed by atoms with Gasteiger partial charge in [-0.05, 0) is 24.4 Å². The van der Waals surface area contributed by atoms with Crippen LogP contribution in [-0.2, 0) is 15.1 Å². The largest absolute Gasteiger partial charge is 0.469 e. The average Bonchev–Trinajstić information content (AvgIpc) is 2.43. The van der Waals surface area contributed by atoms with E-state index in [0.717, 1.165) is 18.5 Å². The van der Waals surface area contributed by atoms with Gasteiger partial charge in [-0.1, -0.05) is 51.1 Å². The van der Waals surface area contributed by atoms with E-state index in [1.807, 2.05) is 18.2 Å². The van der Waals surface area contributed by atoms with Crippen LogP contribution in [0.15, 0.2) is 30.3 Å². The van der Waals surface area contributed by atoms with Gasteiger partial charge in [-0.25, -0.2) is 0 Å². The molecule has 1 aromatic carbocycles. The molecule has 0 amide bonds. The fourth-order valence-electron chi connectivity index (χ4n) is 2.39. The highest BCUT2D eigenvalue weighted by molar-refractivity contribution is 5.71. The molecule has 0 fully saturated rings. The molecule has 1 aromatic rings. The molecule has 0 saturated carbocycles. The summed E-state index contributed by atoms with van der Waals surface area (Å²) in [4.78, 5) is 11.8. The van der Waals surface area contributed by atoms with Crippen molar-refractivity contribution in [2.24, 2.45) is 5.92 Å². The van der Waals surface area contributed by atoms with E-state index in [1.165, 1.54) is 7.11 Å². The van der Waals surface area contributed by atoms with Crippen LogP contribution in [0.1, 0.15) is 39.2 Å². The van der Waals surface area contributed by atoms with Gasteiger partial charge in [0, 0.05) is 0 Å². The van der Waals surface area contributed by atoms with Crippen molar-refractivity contribution in [3.8, 4) is 0 Å². The van der Waals surface area contributed by atoms with Gasteiger partial charge in [0.1, 0.15) is 0 Å². The van der Waals surface area contributed by atoms with Gasteiger partial charge in [-0.15, -0.1) is 0 Å². The summed E-state index contributed by atoms with van der Waals surface area (Å²) >= 11 is 0. The zero-order chi connectivity index (χ0) is 14.3. The number of hydrogen-bond acceptors (Lipinski definition) is 3. The highest BCUT2D eigenvalue weighted by Gasteiger charge is 2.37. The lowest BCUT2D eigenvalue weighted by Crippen LogP contribution is -2.48. The van der Waals surface area contributed by atoms with Crippen LogP contribution in [0.3, 0.4) is 0 Å². The number of esters is 1. The molecule has 1 atom stereocenters. The number of carbonyl (C=O) groups excluding carboxylic acids is 1. The van der Waals surface area contributed by atoms with E-state index in [1.54, 1.807) is 0 Å². The zero-order valence-electron chi connectivity index (χ0n) is 12.4. The molecule has 0 radical (unpaired) electrons. The van der Waals surface area contributed by atoms with Crippen molar-refractivity contribution in [2.45, 2.75) is 39.2 Å². The molecule has 0 saturated heterocycles. The molecule has 19 heavy (non-hydrogen) atoms. The van der Waals surface area contributed by atoms with Gasteiger partial charge in [0.05, 0.1) is 19.1 Å². The number of ether oxygens (including phenoxy) is 1. The Labute approximate surface area is 116 Å². The number of methoxy groups -OCH3 is 1. The second-order valence-corrected chi connectivity index (χ2v) is 5.17. The molecular weight excluding hydrogens is 238 g/mol. The maximum atomic E-state index is 11.8. The molecule has 106 valence electrons.